The van der Waals surface area contributed by atoms with E-state index in [9.17, 15) is 4.79 Å². The van der Waals surface area contributed by atoms with Crippen molar-refractivity contribution in [3.8, 4) is 11.1 Å². The fourth-order valence-electron chi connectivity index (χ4n) is 3.98. The van der Waals surface area contributed by atoms with Gasteiger partial charge in [-0.05, 0) is 43.0 Å². The number of para-hydroxylation sites is 1. The van der Waals surface area contributed by atoms with Gasteiger partial charge in [0.1, 0.15) is 9.71 Å². The molecule has 0 aliphatic heterocycles. The van der Waals surface area contributed by atoms with E-state index in [1.165, 1.54) is 16.9 Å². The third-order valence-electron chi connectivity index (χ3n) is 5.28. The molecule has 2 aromatic heterocycles. The number of nitrogens with one attached hydrogen (secondary N) is 1. The topological polar surface area (TPSA) is 68.0 Å². The highest BCUT2D eigenvalue weighted by atomic mass is 35.5. The number of nitrogen functional groups attached to an aromatic ring is 1. The van der Waals surface area contributed by atoms with Crippen molar-refractivity contribution in [2.45, 2.75) is 19.3 Å². The number of anilines is 2. The van der Waals surface area contributed by atoms with Crippen LogP contribution in [-0.4, -0.2) is 10.9 Å². The Kier molecular flexibility index (Phi) is 4.49. The van der Waals surface area contributed by atoms with Gasteiger partial charge in [-0.3, -0.25) is 4.79 Å². The summed E-state index contributed by atoms with van der Waals surface area (Å²) in [7, 11) is 0. The Balaban J connectivity index is 1.71. The standard InChI is InChI=1S/C23H18ClN3OS/c24-16-11-5-4-9-14(16)18-15-10-6-12-17(15)27-23-19(18)20(25)21(29-23)22(28)26-13-7-2-1-3-8-13/h1-5,7-9,11H,6,10,12,25H2,(H,26,28). The smallest absolute Gasteiger partial charge is 0.267 e. The molecule has 0 saturated carbocycles. The number of nitrogens with two attached hydrogens (primary N) is 1. The fourth-order valence-corrected chi connectivity index (χ4v) is 5.23. The van der Waals surface area contributed by atoms with E-state index in [-0.39, 0.29) is 5.91 Å². The van der Waals surface area contributed by atoms with E-state index in [1.807, 2.05) is 54.6 Å². The Morgan fingerprint density at radius 2 is 1.83 bits per heavy atom. The molecule has 4 aromatic rings. The van der Waals surface area contributed by atoms with Crippen LogP contribution in [0.5, 0.6) is 0 Å². The highest BCUT2D eigenvalue weighted by molar-refractivity contribution is 7.21. The highest BCUT2D eigenvalue weighted by Crippen LogP contribution is 2.45. The maximum Gasteiger partial charge on any atom is 0.267 e. The maximum atomic E-state index is 12.9. The molecule has 1 aliphatic carbocycles. The molecule has 0 unspecified atom stereocenters. The van der Waals surface area contributed by atoms with Crippen LogP contribution >= 0.6 is 22.9 Å². The van der Waals surface area contributed by atoms with Gasteiger partial charge in [0.05, 0.1) is 5.69 Å². The van der Waals surface area contributed by atoms with Crippen molar-refractivity contribution in [3.63, 3.8) is 0 Å². The number of thiophene rings is 1. The molecule has 5 rings (SSSR count). The number of rotatable bonds is 3. The molecular formula is C23H18ClN3OS. The van der Waals surface area contributed by atoms with Gasteiger partial charge in [-0.15, -0.1) is 11.3 Å². The van der Waals surface area contributed by atoms with Crippen molar-refractivity contribution in [3.05, 3.63) is 75.8 Å². The Hall–Kier alpha value is -2.89. The lowest BCUT2D eigenvalue weighted by Crippen LogP contribution is -2.11. The SMILES string of the molecule is Nc1c(C(=O)Nc2ccccc2)sc2nc3c(c(-c4ccccc4Cl)c12)CCC3. The predicted molar refractivity (Wildman–Crippen MR) is 121 cm³/mol. The fraction of sp³-hybridized carbons (Fsp3) is 0.130. The summed E-state index contributed by atoms with van der Waals surface area (Å²) < 4.78 is 0. The molecule has 1 amide bonds. The van der Waals surface area contributed by atoms with E-state index in [2.05, 4.69) is 5.32 Å². The monoisotopic (exact) mass is 419 g/mol. The quantitative estimate of drug-likeness (QED) is 0.431. The number of hydrogen-bond acceptors (Lipinski definition) is 4. The second-order valence-corrected chi connectivity index (χ2v) is 8.50. The first-order valence-electron chi connectivity index (χ1n) is 9.48. The highest BCUT2D eigenvalue weighted by Gasteiger charge is 2.27. The summed E-state index contributed by atoms with van der Waals surface area (Å²) in [4.78, 5) is 19.1. The number of fused-ring (bicyclic) bond motifs is 2. The van der Waals surface area contributed by atoms with Crippen molar-refractivity contribution >= 4 is 50.4 Å². The van der Waals surface area contributed by atoms with Crippen molar-refractivity contribution in [2.75, 3.05) is 11.1 Å². The second kappa shape index (κ2) is 7.17. The van der Waals surface area contributed by atoms with Crippen LogP contribution in [-0.2, 0) is 12.8 Å². The zero-order chi connectivity index (χ0) is 20.0. The summed E-state index contributed by atoms with van der Waals surface area (Å²) in [6.07, 6.45) is 2.95. The average molecular weight is 420 g/mol. The summed E-state index contributed by atoms with van der Waals surface area (Å²) in [6, 6.07) is 17.2. The van der Waals surface area contributed by atoms with Gasteiger partial charge in [-0.2, -0.15) is 0 Å². The minimum absolute atomic E-state index is 0.220. The van der Waals surface area contributed by atoms with Crippen molar-refractivity contribution in [1.82, 2.24) is 4.98 Å². The first-order valence-corrected chi connectivity index (χ1v) is 10.7. The number of carbonyl (C=O) groups excluding carboxylic acids is 1. The van der Waals surface area contributed by atoms with E-state index < -0.39 is 0 Å². The van der Waals surface area contributed by atoms with Crippen LogP contribution in [0.15, 0.2) is 54.6 Å². The molecule has 3 N–H and O–H groups in total. The summed E-state index contributed by atoms with van der Waals surface area (Å²) in [5, 5.41) is 4.44. The minimum atomic E-state index is -0.220. The number of carbonyl (C=O) groups is 1. The second-order valence-electron chi connectivity index (χ2n) is 7.09. The van der Waals surface area contributed by atoms with Gasteiger partial charge in [0, 0.05) is 32.9 Å². The molecule has 2 heterocycles. The molecule has 29 heavy (non-hydrogen) atoms. The summed E-state index contributed by atoms with van der Waals surface area (Å²) >= 11 is 7.89. The molecule has 144 valence electrons. The molecule has 0 bridgehead atoms. The lowest BCUT2D eigenvalue weighted by molar-refractivity contribution is 0.103. The summed E-state index contributed by atoms with van der Waals surface area (Å²) in [6.45, 7) is 0. The third kappa shape index (κ3) is 3.07. The Bertz CT molecular complexity index is 1250. The Labute approximate surface area is 177 Å². The van der Waals surface area contributed by atoms with Gasteiger partial charge in [0.2, 0.25) is 0 Å². The van der Waals surface area contributed by atoms with E-state index in [4.69, 9.17) is 22.3 Å². The van der Waals surface area contributed by atoms with E-state index in [0.29, 0.717) is 15.6 Å². The molecule has 0 radical (unpaired) electrons. The summed E-state index contributed by atoms with van der Waals surface area (Å²) in [5.41, 5.74) is 12.0. The van der Waals surface area contributed by atoms with Crippen LogP contribution in [0.4, 0.5) is 11.4 Å². The number of aryl methyl sites for hydroxylation is 1. The van der Waals surface area contributed by atoms with Gasteiger partial charge in [-0.25, -0.2) is 4.98 Å². The number of hydrogen-bond donors (Lipinski definition) is 2. The molecule has 6 heteroatoms. The maximum absolute atomic E-state index is 12.9. The number of aromatic nitrogens is 1. The van der Waals surface area contributed by atoms with Crippen LogP contribution < -0.4 is 11.1 Å². The lowest BCUT2D eigenvalue weighted by Gasteiger charge is -2.13. The van der Waals surface area contributed by atoms with E-state index in [1.54, 1.807) is 0 Å². The van der Waals surface area contributed by atoms with E-state index in [0.717, 1.165) is 52.0 Å². The molecule has 0 atom stereocenters. The van der Waals surface area contributed by atoms with Gasteiger partial charge < -0.3 is 11.1 Å². The van der Waals surface area contributed by atoms with E-state index >= 15 is 0 Å². The minimum Gasteiger partial charge on any atom is -0.397 e. The number of halogens is 1. The molecule has 4 nitrogen and oxygen atoms in total. The number of amides is 1. The number of pyridine rings is 1. The molecule has 2 aromatic carbocycles. The normalized spacial score (nSPS) is 12.9. The largest absolute Gasteiger partial charge is 0.397 e. The van der Waals surface area contributed by atoms with Crippen molar-refractivity contribution in [1.29, 1.82) is 0 Å². The van der Waals surface area contributed by atoms with Gasteiger partial charge >= 0.3 is 0 Å². The Morgan fingerprint density at radius 3 is 2.62 bits per heavy atom. The lowest BCUT2D eigenvalue weighted by atomic mass is 9.96. The van der Waals surface area contributed by atoms with Crippen LogP contribution in [0, 0.1) is 0 Å². The zero-order valence-electron chi connectivity index (χ0n) is 15.5. The zero-order valence-corrected chi connectivity index (χ0v) is 17.1. The number of benzene rings is 2. The predicted octanol–water partition coefficient (Wildman–Crippen LogP) is 5.94. The van der Waals surface area contributed by atoms with Crippen LogP contribution in [0.1, 0.15) is 27.3 Å². The third-order valence-corrected chi connectivity index (χ3v) is 6.71. The first kappa shape index (κ1) is 18.2. The van der Waals surface area contributed by atoms with Crippen LogP contribution in [0.3, 0.4) is 0 Å². The molecule has 1 aliphatic rings. The van der Waals surface area contributed by atoms with Crippen LogP contribution in [0.2, 0.25) is 5.02 Å². The number of nitrogens with zero attached hydrogens (tertiary/aromatic N) is 1. The molecule has 0 spiro atoms. The summed E-state index contributed by atoms with van der Waals surface area (Å²) in [5.74, 6) is -0.220. The average Bonchev–Trinajstić information content (AvgIpc) is 3.32. The van der Waals surface area contributed by atoms with Crippen molar-refractivity contribution in [2.24, 2.45) is 0 Å². The van der Waals surface area contributed by atoms with Crippen LogP contribution in [0.25, 0.3) is 21.3 Å². The van der Waals surface area contributed by atoms with Gasteiger partial charge in [0.15, 0.2) is 0 Å². The van der Waals surface area contributed by atoms with Gasteiger partial charge in [0.25, 0.3) is 5.91 Å². The molecule has 0 fully saturated rings. The molecule has 0 saturated heterocycles. The Morgan fingerprint density at radius 1 is 1.07 bits per heavy atom. The first-order chi connectivity index (χ1) is 14.1. The van der Waals surface area contributed by atoms with Gasteiger partial charge in [-0.1, -0.05) is 48.0 Å². The van der Waals surface area contributed by atoms with Crippen molar-refractivity contribution < 1.29 is 4.79 Å². The molecular weight excluding hydrogens is 402 g/mol.